The van der Waals surface area contributed by atoms with Gasteiger partial charge in [-0.15, -0.1) is 5.10 Å². The Morgan fingerprint density at radius 1 is 1.14 bits per heavy atom. The number of aromatic nitrogens is 3. The zero-order valence-corrected chi connectivity index (χ0v) is 17.9. The van der Waals surface area contributed by atoms with Crippen molar-refractivity contribution in [2.45, 2.75) is 19.8 Å². The number of carbonyl (C=O) groups excluding carboxylic acids is 1. The van der Waals surface area contributed by atoms with E-state index in [-0.39, 0.29) is 5.91 Å². The lowest BCUT2D eigenvalue weighted by molar-refractivity contribution is 0.0654. The molecule has 3 aromatic rings. The average molecular weight is 455 g/mol. The normalized spacial score (nSPS) is 14.8. The van der Waals surface area contributed by atoms with Crippen LogP contribution < -0.4 is 4.74 Å². The van der Waals surface area contributed by atoms with E-state index in [1.54, 1.807) is 4.68 Å². The molecule has 1 amide bonds. The number of hydrogen-bond donors (Lipinski definition) is 0. The first kappa shape index (κ1) is 19.6. The molecule has 2 heterocycles. The molecule has 1 aromatic heterocycles. The molecule has 0 unspecified atom stereocenters. The summed E-state index contributed by atoms with van der Waals surface area (Å²) >= 11 is 3.47. The van der Waals surface area contributed by atoms with Gasteiger partial charge in [0.05, 0.1) is 18.0 Å². The van der Waals surface area contributed by atoms with Crippen LogP contribution in [0.15, 0.2) is 59.1 Å². The maximum Gasteiger partial charge on any atom is 0.276 e. The summed E-state index contributed by atoms with van der Waals surface area (Å²) < 4.78 is 8.54. The van der Waals surface area contributed by atoms with Crippen molar-refractivity contribution < 1.29 is 9.53 Å². The highest BCUT2D eigenvalue weighted by Gasteiger charge is 2.27. The monoisotopic (exact) mass is 454 g/mol. The van der Waals surface area contributed by atoms with E-state index in [1.165, 1.54) is 0 Å². The zero-order valence-electron chi connectivity index (χ0n) is 16.3. The second-order valence-electron chi connectivity index (χ2n) is 7.27. The number of likely N-dealkylation sites (tertiary alicyclic amines) is 1. The van der Waals surface area contributed by atoms with Gasteiger partial charge in [-0.2, -0.15) is 0 Å². The van der Waals surface area contributed by atoms with Crippen LogP contribution in [0.1, 0.15) is 29.0 Å². The topological polar surface area (TPSA) is 60.3 Å². The fourth-order valence-electron chi connectivity index (χ4n) is 3.56. The van der Waals surface area contributed by atoms with Crippen molar-refractivity contribution in [2.24, 2.45) is 5.92 Å². The van der Waals surface area contributed by atoms with Gasteiger partial charge in [-0.05, 0) is 56.0 Å². The van der Waals surface area contributed by atoms with Crippen LogP contribution in [0.3, 0.4) is 0 Å². The van der Waals surface area contributed by atoms with Crippen molar-refractivity contribution in [3.63, 3.8) is 0 Å². The van der Waals surface area contributed by atoms with E-state index in [0.717, 1.165) is 34.4 Å². The summed E-state index contributed by atoms with van der Waals surface area (Å²) in [4.78, 5) is 14.9. The molecule has 1 saturated heterocycles. The highest BCUT2D eigenvalue weighted by molar-refractivity contribution is 9.10. The third-order valence-corrected chi connectivity index (χ3v) is 5.77. The zero-order chi connectivity index (χ0) is 20.2. The van der Waals surface area contributed by atoms with Crippen molar-refractivity contribution in [3.05, 3.63) is 70.5 Å². The van der Waals surface area contributed by atoms with E-state index in [2.05, 4.69) is 26.2 Å². The highest BCUT2D eigenvalue weighted by Crippen LogP contribution is 2.22. The van der Waals surface area contributed by atoms with Gasteiger partial charge in [-0.3, -0.25) is 4.79 Å². The number of ether oxygens (including phenoxy) is 1. The van der Waals surface area contributed by atoms with Crippen molar-refractivity contribution in [2.75, 3.05) is 19.7 Å². The Balaban J connectivity index is 1.36. The molecule has 0 spiro atoms. The lowest BCUT2D eigenvalue weighted by Crippen LogP contribution is -2.40. The quantitative estimate of drug-likeness (QED) is 0.577. The van der Waals surface area contributed by atoms with Crippen molar-refractivity contribution in [3.8, 4) is 11.4 Å². The minimum atomic E-state index is -0.0498. The van der Waals surface area contributed by atoms with E-state index in [4.69, 9.17) is 4.74 Å². The summed E-state index contributed by atoms with van der Waals surface area (Å²) in [6.45, 7) is 3.99. The number of hydrogen-bond acceptors (Lipinski definition) is 4. The van der Waals surface area contributed by atoms with E-state index in [9.17, 15) is 4.79 Å². The predicted molar refractivity (Wildman–Crippen MR) is 114 cm³/mol. The summed E-state index contributed by atoms with van der Waals surface area (Å²) in [6.07, 6.45) is 1.86. The van der Waals surface area contributed by atoms with Gasteiger partial charge in [0, 0.05) is 17.6 Å². The number of halogens is 1. The summed E-state index contributed by atoms with van der Waals surface area (Å²) in [5, 5.41) is 8.37. The Kier molecular flexibility index (Phi) is 5.94. The molecule has 29 heavy (non-hydrogen) atoms. The molecule has 4 rings (SSSR count). The molecule has 0 aliphatic carbocycles. The smallest absolute Gasteiger partial charge is 0.276 e. The molecular weight excluding hydrogens is 432 g/mol. The molecule has 2 aromatic carbocycles. The van der Waals surface area contributed by atoms with Gasteiger partial charge in [0.2, 0.25) is 0 Å². The SMILES string of the molecule is Cc1c(C(=O)N2CCC(COc3ccccc3)CC2)nnn1-c1cccc(Br)c1. The minimum Gasteiger partial charge on any atom is -0.493 e. The fourth-order valence-corrected chi connectivity index (χ4v) is 3.95. The Hall–Kier alpha value is -2.67. The van der Waals surface area contributed by atoms with Crippen LogP contribution in [0, 0.1) is 12.8 Å². The molecule has 0 atom stereocenters. The van der Waals surface area contributed by atoms with E-state index < -0.39 is 0 Å². The van der Waals surface area contributed by atoms with Crippen LogP contribution in [-0.2, 0) is 0 Å². The lowest BCUT2D eigenvalue weighted by atomic mass is 9.97. The van der Waals surface area contributed by atoms with Gasteiger partial charge in [-0.1, -0.05) is 45.4 Å². The minimum absolute atomic E-state index is 0.0498. The molecular formula is C22H23BrN4O2. The summed E-state index contributed by atoms with van der Waals surface area (Å²) in [5.74, 6) is 1.30. The first-order valence-corrected chi connectivity index (χ1v) is 10.6. The molecule has 0 N–H and O–H groups in total. The summed E-state index contributed by atoms with van der Waals surface area (Å²) in [7, 11) is 0. The summed E-state index contributed by atoms with van der Waals surface area (Å²) in [6, 6.07) is 17.6. The number of piperidine rings is 1. The van der Waals surface area contributed by atoms with Crippen molar-refractivity contribution in [1.82, 2.24) is 19.9 Å². The van der Waals surface area contributed by atoms with Crippen LogP contribution >= 0.6 is 15.9 Å². The van der Waals surface area contributed by atoms with Crippen molar-refractivity contribution in [1.29, 1.82) is 0 Å². The van der Waals surface area contributed by atoms with Crippen LogP contribution in [0.4, 0.5) is 0 Å². The highest BCUT2D eigenvalue weighted by atomic mass is 79.9. The molecule has 0 radical (unpaired) electrons. The van der Waals surface area contributed by atoms with Crippen molar-refractivity contribution >= 4 is 21.8 Å². The van der Waals surface area contributed by atoms with Crippen LogP contribution in [0.5, 0.6) is 5.75 Å². The molecule has 150 valence electrons. The fraction of sp³-hybridized carbons (Fsp3) is 0.318. The first-order valence-electron chi connectivity index (χ1n) is 9.77. The van der Waals surface area contributed by atoms with Crippen LogP contribution in [-0.4, -0.2) is 45.5 Å². The largest absolute Gasteiger partial charge is 0.493 e. The molecule has 7 heteroatoms. The second-order valence-corrected chi connectivity index (χ2v) is 8.19. The first-order chi connectivity index (χ1) is 14.1. The van der Waals surface area contributed by atoms with Gasteiger partial charge < -0.3 is 9.64 Å². The third-order valence-electron chi connectivity index (χ3n) is 5.28. The summed E-state index contributed by atoms with van der Waals surface area (Å²) in [5.41, 5.74) is 2.05. The second kappa shape index (κ2) is 8.78. The van der Waals surface area contributed by atoms with E-state index in [1.807, 2.05) is 66.4 Å². The maximum atomic E-state index is 13.0. The van der Waals surface area contributed by atoms with Crippen LogP contribution in [0.25, 0.3) is 5.69 Å². The molecule has 1 fully saturated rings. The van der Waals surface area contributed by atoms with Gasteiger partial charge in [0.1, 0.15) is 5.75 Å². The third kappa shape index (κ3) is 4.50. The van der Waals surface area contributed by atoms with Crippen LogP contribution in [0.2, 0.25) is 0 Å². The molecule has 0 bridgehead atoms. The average Bonchev–Trinajstić information content (AvgIpc) is 3.14. The number of rotatable bonds is 5. The predicted octanol–water partition coefficient (Wildman–Crippen LogP) is 4.27. The Morgan fingerprint density at radius 3 is 2.62 bits per heavy atom. The molecule has 6 nitrogen and oxygen atoms in total. The lowest BCUT2D eigenvalue weighted by Gasteiger charge is -2.31. The Bertz CT molecular complexity index is 981. The number of carbonyl (C=O) groups is 1. The number of benzene rings is 2. The number of nitrogens with zero attached hydrogens (tertiary/aromatic N) is 4. The number of para-hydroxylation sites is 1. The number of amides is 1. The Labute approximate surface area is 178 Å². The van der Waals surface area contributed by atoms with Gasteiger partial charge in [0.15, 0.2) is 5.69 Å². The van der Waals surface area contributed by atoms with E-state index in [0.29, 0.717) is 31.3 Å². The molecule has 0 saturated carbocycles. The molecule has 1 aliphatic rings. The maximum absolute atomic E-state index is 13.0. The van der Waals surface area contributed by atoms with E-state index >= 15 is 0 Å². The van der Waals surface area contributed by atoms with Gasteiger partial charge >= 0.3 is 0 Å². The molecule has 1 aliphatic heterocycles. The van der Waals surface area contributed by atoms with Gasteiger partial charge in [-0.25, -0.2) is 4.68 Å². The Morgan fingerprint density at radius 2 is 1.90 bits per heavy atom. The van der Waals surface area contributed by atoms with Gasteiger partial charge in [0.25, 0.3) is 5.91 Å². The standard InChI is InChI=1S/C22H23BrN4O2/c1-16-21(24-25-27(16)19-7-5-6-18(23)14-19)22(28)26-12-10-17(11-13-26)15-29-20-8-3-2-4-9-20/h2-9,14,17H,10-13,15H2,1H3.